The third-order valence-corrected chi connectivity index (χ3v) is 3.24. The Kier molecular flexibility index (Phi) is 3.86. The summed E-state index contributed by atoms with van der Waals surface area (Å²) < 4.78 is 6.00. The van der Waals surface area contributed by atoms with E-state index in [0.29, 0.717) is 0 Å². The first-order chi connectivity index (χ1) is 8.15. The van der Waals surface area contributed by atoms with Crippen LogP contribution in [0.1, 0.15) is 11.1 Å². The molecule has 1 heterocycles. The van der Waals surface area contributed by atoms with Gasteiger partial charge in [-0.1, -0.05) is 6.07 Å². The number of anilines is 1. The number of nitrogen functional groups attached to an aromatic ring is 1. The lowest BCUT2D eigenvalue weighted by Gasteiger charge is -2.16. The van der Waals surface area contributed by atoms with Crippen molar-refractivity contribution in [3.63, 3.8) is 0 Å². The largest absolute Gasteiger partial charge is 0.472 e. The summed E-state index contributed by atoms with van der Waals surface area (Å²) in [7, 11) is 2.08. The molecule has 0 amide bonds. The van der Waals surface area contributed by atoms with E-state index in [9.17, 15) is 0 Å². The van der Waals surface area contributed by atoms with Crippen LogP contribution >= 0.6 is 15.9 Å². The van der Waals surface area contributed by atoms with Crippen LogP contribution in [0.4, 0.5) is 5.69 Å². The highest BCUT2D eigenvalue weighted by Gasteiger charge is 2.04. The van der Waals surface area contributed by atoms with Gasteiger partial charge < -0.3 is 10.2 Å². The predicted molar refractivity (Wildman–Crippen MR) is 72.4 cm³/mol. The summed E-state index contributed by atoms with van der Waals surface area (Å²) in [6.45, 7) is 1.75. The first kappa shape index (κ1) is 12.2. The fourth-order valence-corrected chi connectivity index (χ4v) is 2.16. The third-order valence-electron chi connectivity index (χ3n) is 2.55. The Morgan fingerprint density at radius 1 is 1.24 bits per heavy atom. The van der Waals surface area contributed by atoms with Crippen LogP contribution in [0.5, 0.6) is 0 Å². The van der Waals surface area contributed by atoms with Gasteiger partial charge in [0.25, 0.3) is 0 Å². The minimum atomic E-state index is 0.770. The lowest BCUT2D eigenvalue weighted by Crippen LogP contribution is -2.16. The third kappa shape index (κ3) is 3.35. The second-order valence-corrected chi connectivity index (χ2v) is 5.01. The number of halogens is 1. The number of hydrogen-bond acceptors (Lipinski definition) is 3. The summed E-state index contributed by atoms with van der Waals surface area (Å²) in [5.41, 5.74) is 8.94. The van der Waals surface area contributed by atoms with Gasteiger partial charge in [0.05, 0.1) is 12.5 Å². The molecule has 2 N–H and O–H groups in total. The Labute approximate surface area is 109 Å². The van der Waals surface area contributed by atoms with Crippen LogP contribution in [0.25, 0.3) is 0 Å². The van der Waals surface area contributed by atoms with E-state index < -0.39 is 0 Å². The molecule has 1 aromatic heterocycles. The van der Waals surface area contributed by atoms with Gasteiger partial charge in [0.1, 0.15) is 0 Å². The number of furan rings is 1. The van der Waals surface area contributed by atoms with Gasteiger partial charge in [0.2, 0.25) is 0 Å². The van der Waals surface area contributed by atoms with Gasteiger partial charge >= 0.3 is 0 Å². The lowest BCUT2D eigenvalue weighted by molar-refractivity contribution is 0.318. The number of rotatable bonds is 4. The number of nitrogens with two attached hydrogens (primary N) is 1. The molecule has 0 radical (unpaired) electrons. The van der Waals surface area contributed by atoms with Gasteiger partial charge in [0.15, 0.2) is 0 Å². The SMILES string of the molecule is CN(Cc1ccoc1)Cc1ccc(N)c(Br)c1. The zero-order valence-corrected chi connectivity index (χ0v) is 11.3. The van der Waals surface area contributed by atoms with E-state index in [1.165, 1.54) is 11.1 Å². The van der Waals surface area contributed by atoms with Gasteiger partial charge in [0, 0.05) is 28.8 Å². The predicted octanol–water partition coefficient (Wildman–Crippen LogP) is 3.26. The van der Waals surface area contributed by atoms with E-state index in [-0.39, 0.29) is 0 Å². The zero-order chi connectivity index (χ0) is 12.3. The van der Waals surface area contributed by atoms with E-state index >= 15 is 0 Å². The molecule has 0 fully saturated rings. The van der Waals surface area contributed by atoms with Crippen molar-refractivity contribution in [2.75, 3.05) is 12.8 Å². The molecule has 0 aliphatic carbocycles. The highest BCUT2D eigenvalue weighted by molar-refractivity contribution is 9.10. The minimum absolute atomic E-state index is 0.770. The number of hydrogen-bond donors (Lipinski definition) is 1. The fraction of sp³-hybridized carbons (Fsp3) is 0.231. The fourth-order valence-electron chi connectivity index (χ4n) is 1.73. The van der Waals surface area contributed by atoms with Crippen molar-refractivity contribution in [2.45, 2.75) is 13.1 Å². The molecule has 4 heteroatoms. The molecule has 17 heavy (non-hydrogen) atoms. The monoisotopic (exact) mass is 294 g/mol. The Morgan fingerprint density at radius 3 is 2.65 bits per heavy atom. The summed E-state index contributed by atoms with van der Waals surface area (Å²) in [6, 6.07) is 8.01. The van der Waals surface area contributed by atoms with Gasteiger partial charge in [-0.2, -0.15) is 0 Å². The minimum Gasteiger partial charge on any atom is -0.472 e. The zero-order valence-electron chi connectivity index (χ0n) is 9.69. The molecular weight excluding hydrogens is 280 g/mol. The second-order valence-electron chi connectivity index (χ2n) is 4.16. The van der Waals surface area contributed by atoms with Crippen LogP contribution in [-0.2, 0) is 13.1 Å². The van der Waals surface area contributed by atoms with Crippen LogP contribution in [0, 0.1) is 0 Å². The van der Waals surface area contributed by atoms with Crippen molar-refractivity contribution in [3.8, 4) is 0 Å². The Morgan fingerprint density at radius 2 is 2.00 bits per heavy atom. The lowest BCUT2D eigenvalue weighted by atomic mass is 10.2. The van der Waals surface area contributed by atoms with Gasteiger partial charge in [-0.3, -0.25) is 4.90 Å². The number of benzene rings is 1. The van der Waals surface area contributed by atoms with E-state index in [2.05, 4.69) is 33.9 Å². The quantitative estimate of drug-likeness (QED) is 0.880. The Balaban J connectivity index is 1.98. The van der Waals surface area contributed by atoms with Crippen molar-refractivity contribution in [1.82, 2.24) is 4.90 Å². The summed E-state index contributed by atoms with van der Waals surface area (Å²) in [6.07, 6.45) is 3.47. The maximum Gasteiger partial charge on any atom is 0.0947 e. The molecule has 0 unspecified atom stereocenters. The number of nitrogens with zero attached hydrogens (tertiary/aromatic N) is 1. The van der Waals surface area contributed by atoms with Crippen LogP contribution in [-0.4, -0.2) is 11.9 Å². The molecule has 0 saturated carbocycles. The van der Waals surface area contributed by atoms with Gasteiger partial charge in [-0.15, -0.1) is 0 Å². The maximum atomic E-state index is 5.76. The molecule has 90 valence electrons. The van der Waals surface area contributed by atoms with Crippen LogP contribution < -0.4 is 5.73 Å². The first-order valence-electron chi connectivity index (χ1n) is 5.38. The van der Waals surface area contributed by atoms with E-state index in [1.54, 1.807) is 12.5 Å². The molecule has 1 aromatic carbocycles. The molecule has 3 nitrogen and oxygen atoms in total. The molecule has 0 saturated heterocycles. The molecule has 0 aliphatic rings. The van der Waals surface area contributed by atoms with Crippen molar-refractivity contribution in [1.29, 1.82) is 0 Å². The highest BCUT2D eigenvalue weighted by atomic mass is 79.9. The summed E-state index contributed by atoms with van der Waals surface area (Å²) in [4.78, 5) is 2.23. The normalized spacial score (nSPS) is 11.0. The average Bonchev–Trinajstić information content (AvgIpc) is 2.76. The van der Waals surface area contributed by atoms with E-state index in [0.717, 1.165) is 23.2 Å². The van der Waals surface area contributed by atoms with Crippen molar-refractivity contribution in [2.24, 2.45) is 0 Å². The smallest absolute Gasteiger partial charge is 0.0947 e. The molecule has 0 spiro atoms. The topological polar surface area (TPSA) is 42.4 Å². The molecule has 0 aliphatic heterocycles. The van der Waals surface area contributed by atoms with Crippen molar-refractivity contribution < 1.29 is 4.42 Å². The molecule has 2 aromatic rings. The van der Waals surface area contributed by atoms with Crippen molar-refractivity contribution >= 4 is 21.6 Å². The molecule has 2 rings (SSSR count). The molecule has 0 atom stereocenters. The summed E-state index contributed by atoms with van der Waals surface area (Å²) >= 11 is 3.44. The Hall–Kier alpha value is -1.26. The van der Waals surface area contributed by atoms with E-state index in [1.807, 2.05) is 18.2 Å². The highest BCUT2D eigenvalue weighted by Crippen LogP contribution is 2.21. The van der Waals surface area contributed by atoms with Crippen LogP contribution in [0.2, 0.25) is 0 Å². The Bertz CT molecular complexity index is 482. The van der Waals surface area contributed by atoms with Crippen LogP contribution in [0.3, 0.4) is 0 Å². The van der Waals surface area contributed by atoms with Crippen molar-refractivity contribution in [3.05, 3.63) is 52.4 Å². The first-order valence-corrected chi connectivity index (χ1v) is 6.18. The molecular formula is C13H15BrN2O. The standard InChI is InChI=1S/C13H15BrN2O/c1-16(8-11-4-5-17-9-11)7-10-2-3-13(15)12(14)6-10/h2-6,9H,7-8,15H2,1H3. The maximum absolute atomic E-state index is 5.76. The van der Waals surface area contributed by atoms with Crippen LogP contribution in [0.15, 0.2) is 45.7 Å². The second kappa shape index (κ2) is 5.38. The summed E-state index contributed by atoms with van der Waals surface area (Å²) in [5.74, 6) is 0. The van der Waals surface area contributed by atoms with E-state index in [4.69, 9.17) is 10.2 Å². The van der Waals surface area contributed by atoms with Gasteiger partial charge in [-0.05, 0) is 46.7 Å². The average molecular weight is 295 g/mol. The summed E-state index contributed by atoms with van der Waals surface area (Å²) in [5, 5.41) is 0. The molecule has 0 bridgehead atoms. The van der Waals surface area contributed by atoms with Gasteiger partial charge in [-0.25, -0.2) is 0 Å².